The average molecular weight is 619 g/mol. The molecule has 0 saturated carbocycles. The van der Waals surface area contributed by atoms with Crippen LogP contribution in [0.15, 0.2) is 36.7 Å². The summed E-state index contributed by atoms with van der Waals surface area (Å²) < 4.78 is 22.1. The van der Waals surface area contributed by atoms with Gasteiger partial charge in [-0.25, -0.2) is 9.18 Å². The number of aliphatic carboxylic acids is 3. The summed E-state index contributed by atoms with van der Waals surface area (Å²) in [5.74, 6) is -5.18. The van der Waals surface area contributed by atoms with Gasteiger partial charge in [0.25, 0.3) is 0 Å². The van der Waals surface area contributed by atoms with Crippen LogP contribution in [0.1, 0.15) is 49.7 Å². The number of fused-ring (bicyclic) bond motifs is 4. The van der Waals surface area contributed by atoms with Crippen molar-refractivity contribution in [3.63, 3.8) is 0 Å². The zero-order valence-corrected chi connectivity index (χ0v) is 24.8. The third-order valence-corrected chi connectivity index (χ3v) is 8.68. The second kappa shape index (κ2) is 13.4. The van der Waals surface area contributed by atoms with E-state index in [1.54, 1.807) is 23.2 Å². The van der Waals surface area contributed by atoms with Crippen LogP contribution in [0.5, 0.6) is 0 Å². The first-order chi connectivity index (χ1) is 20.7. The van der Waals surface area contributed by atoms with Gasteiger partial charge in [-0.05, 0) is 61.4 Å². The van der Waals surface area contributed by atoms with Gasteiger partial charge in [-0.1, -0.05) is 6.07 Å². The summed E-state index contributed by atoms with van der Waals surface area (Å²) in [6.45, 7) is 1.97. The summed E-state index contributed by atoms with van der Waals surface area (Å²) in [4.78, 5) is 47.7. The van der Waals surface area contributed by atoms with Crippen LogP contribution in [0.25, 0.3) is 0 Å². The molecule has 3 aliphatic heterocycles. The van der Waals surface area contributed by atoms with Crippen molar-refractivity contribution in [2.75, 3.05) is 27.2 Å². The number of carbonyl (C=O) groups excluding carboxylic acids is 1. The number of carboxylic acid groups (broad SMARTS) is 3. The summed E-state index contributed by atoms with van der Waals surface area (Å²) in [7, 11) is 3.65. The van der Waals surface area contributed by atoms with E-state index in [0.717, 1.165) is 44.2 Å². The molecule has 2 fully saturated rings. The largest absolute Gasteiger partial charge is 0.481 e. The van der Waals surface area contributed by atoms with Crippen LogP contribution in [0.4, 0.5) is 4.39 Å². The molecule has 5 rings (SSSR count). The maximum Gasteiger partial charge on any atom is 0.336 e. The predicted molar refractivity (Wildman–Crippen MR) is 152 cm³/mol. The van der Waals surface area contributed by atoms with E-state index in [9.17, 15) is 23.6 Å². The number of piperidine rings is 1. The number of hydrogen-bond donors (Lipinski definition) is 4. The van der Waals surface area contributed by atoms with Crippen molar-refractivity contribution in [1.29, 1.82) is 0 Å². The first-order valence-corrected chi connectivity index (χ1v) is 14.5. The molecule has 0 radical (unpaired) electrons. The van der Waals surface area contributed by atoms with Gasteiger partial charge in [0.1, 0.15) is 5.82 Å². The number of nitrogens with zero attached hydrogens (tertiary/aromatic N) is 4. The van der Waals surface area contributed by atoms with E-state index >= 15 is 0 Å². The van der Waals surface area contributed by atoms with Gasteiger partial charge >= 0.3 is 17.9 Å². The Hall–Kier alpha value is -3.88. The van der Waals surface area contributed by atoms with E-state index in [0.29, 0.717) is 25.2 Å². The number of ether oxygens (including phenoxy) is 1. The van der Waals surface area contributed by atoms with E-state index < -0.39 is 36.4 Å². The lowest BCUT2D eigenvalue weighted by molar-refractivity contribution is -0.170. The summed E-state index contributed by atoms with van der Waals surface area (Å²) >= 11 is 0. The van der Waals surface area contributed by atoms with Gasteiger partial charge in [-0.2, -0.15) is 5.10 Å². The third kappa shape index (κ3) is 7.42. The summed E-state index contributed by atoms with van der Waals surface area (Å²) in [5.41, 5.74) is -0.780. The zero-order valence-electron chi connectivity index (χ0n) is 24.8. The standard InChI is InChI=1S/C24H31FN4O2.C6H8O7/c1-27(2)23(30)18(15-28-10-3-9-26-28)16-29-20-5-6-21(29)14-24(13-20)22-7-4-19(25)12-17(22)8-11-31-24;7-3(8)1-6(13,5(11)12)2-4(9)10/h3-4,7,9-10,12,18,20-21H,5-6,8,11,13-16H2,1-2H3;13H,1-2H2,(H,7,8)(H,9,10)(H,11,12). The Labute approximate surface area is 253 Å². The minimum Gasteiger partial charge on any atom is -0.481 e. The number of rotatable bonds is 10. The Bertz CT molecular complexity index is 1340. The van der Waals surface area contributed by atoms with Crippen LogP contribution in [-0.4, -0.2) is 109 Å². The number of hydrogen-bond acceptors (Lipinski definition) is 8. The van der Waals surface area contributed by atoms with Crippen LogP contribution in [0.2, 0.25) is 0 Å². The molecule has 4 heterocycles. The molecule has 1 aromatic carbocycles. The molecule has 14 heteroatoms. The maximum atomic E-state index is 13.8. The summed E-state index contributed by atoms with van der Waals surface area (Å²) in [6, 6.07) is 7.85. The van der Waals surface area contributed by atoms with Crippen LogP contribution < -0.4 is 0 Å². The topological polar surface area (TPSA) is 183 Å². The second-order valence-corrected chi connectivity index (χ2v) is 12.0. The molecule has 1 aromatic heterocycles. The van der Waals surface area contributed by atoms with E-state index in [1.165, 1.54) is 5.56 Å². The molecule has 0 aliphatic carbocycles. The minimum absolute atomic E-state index is 0.138. The Balaban J connectivity index is 0.000000289. The van der Waals surface area contributed by atoms with Gasteiger partial charge in [0.15, 0.2) is 5.60 Å². The van der Waals surface area contributed by atoms with Crippen molar-refractivity contribution in [1.82, 2.24) is 19.6 Å². The molecule has 240 valence electrons. The first-order valence-electron chi connectivity index (χ1n) is 14.5. The van der Waals surface area contributed by atoms with Crippen LogP contribution in [-0.2, 0) is 42.5 Å². The predicted octanol–water partition coefficient (Wildman–Crippen LogP) is 1.57. The first kappa shape index (κ1) is 33.0. The highest BCUT2D eigenvalue weighted by Gasteiger charge is 2.52. The van der Waals surface area contributed by atoms with E-state index in [2.05, 4.69) is 10.00 Å². The molecule has 2 bridgehead atoms. The highest BCUT2D eigenvalue weighted by Crippen LogP contribution is 2.50. The van der Waals surface area contributed by atoms with Crippen LogP contribution >= 0.6 is 0 Å². The lowest BCUT2D eigenvalue weighted by atomic mass is 9.76. The Morgan fingerprint density at radius 2 is 1.73 bits per heavy atom. The average Bonchev–Trinajstić information content (AvgIpc) is 3.52. The smallest absolute Gasteiger partial charge is 0.336 e. The van der Waals surface area contributed by atoms with E-state index in [4.69, 9.17) is 25.2 Å². The Kier molecular flexibility index (Phi) is 10.1. The number of halogens is 1. The molecule has 3 unspecified atom stereocenters. The van der Waals surface area contributed by atoms with Crippen molar-refractivity contribution in [3.8, 4) is 0 Å². The molecule has 13 nitrogen and oxygen atoms in total. The summed E-state index contributed by atoms with van der Waals surface area (Å²) in [5, 5.41) is 38.1. The molecule has 3 atom stereocenters. The van der Waals surface area contributed by atoms with Gasteiger partial charge in [-0.15, -0.1) is 0 Å². The van der Waals surface area contributed by atoms with Gasteiger partial charge in [0, 0.05) is 45.1 Å². The van der Waals surface area contributed by atoms with E-state index in [-0.39, 0.29) is 23.2 Å². The lowest BCUT2D eigenvalue weighted by Gasteiger charge is -2.49. The van der Waals surface area contributed by atoms with E-state index in [1.807, 2.05) is 37.1 Å². The lowest BCUT2D eigenvalue weighted by Crippen LogP contribution is -2.54. The fourth-order valence-electron chi connectivity index (χ4n) is 6.76. The quantitative estimate of drug-likeness (QED) is 0.303. The Morgan fingerprint density at radius 3 is 2.25 bits per heavy atom. The molecule has 4 N–H and O–H groups in total. The number of benzene rings is 1. The second-order valence-electron chi connectivity index (χ2n) is 12.0. The van der Waals surface area contributed by atoms with Gasteiger partial charge in [0.2, 0.25) is 5.91 Å². The van der Waals surface area contributed by atoms with Crippen molar-refractivity contribution >= 4 is 23.8 Å². The van der Waals surface area contributed by atoms with Crippen LogP contribution in [0.3, 0.4) is 0 Å². The highest BCUT2D eigenvalue weighted by molar-refractivity contribution is 5.88. The fourth-order valence-corrected chi connectivity index (χ4v) is 6.76. The SMILES string of the molecule is CN(C)C(=O)C(CN1C2CCC1CC1(C2)OCCc2cc(F)ccc21)Cn1cccn1.O=C(O)CC(O)(CC(=O)O)C(=O)O. The Morgan fingerprint density at radius 1 is 1.09 bits per heavy atom. The molecular weight excluding hydrogens is 579 g/mol. The number of carbonyl (C=O) groups is 4. The van der Waals surface area contributed by atoms with Gasteiger partial charge < -0.3 is 30.1 Å². The number of aromatic nitrogens is 2. The fraction of sp³-hybridized carbons (Fsp3) is 0.567. The summed E-state index contributed by atoms with van der Waals surface area (Å²) in [6.07, 6.45) is 6.22. The highest BCUT2D eigenvalue weighted by atomic mass is 19.1. The monoisotopic (exact) mass is 618 g/mol. The van der Waals surface area contributed by atoms with Gasteiger partial charge in [0.05, 0.1) is 37.5 Å². The third-order valence-electron chi connectivity index (χ3n) is 8.68. The van der Waals surface area contributed by atoms with Crippen molar-refractivity contribution in [2.24, 2.45) is 5.92 Å². The molecular formula is C30H39FN4O9. The maximum absolute atomic E-state index is 13.8. The van der Waals surface area contributed by atoms with Gasteiger partial charge in [-0.3, -0.25) is 24.0 Å². The number of amides is 1. The van der Waals surface area contributed by atoms with Crippen LogP contribution in [0, 0.1) is 11.7 Å². The molecule has 3 aliphatic rings. The minimum atomic E-state index is -2.74. The van der Waals surface area contributed by atoms with Crippen molar-refractivity contribution < 1.29 is 48.7 Å². The molecule has 2 saturated heterocycles. The van der Waals surface area contributed by atoms with Crippen molar-refractivity contribution in [3.05, 3.63) is 53.6 Å². The molecule has 1 amide bonds. The number of carboxylic acids is 3. The molecule has 44 heavy (non-hydrogen) atoms. The number of aliphatic hydroxyl groups is 1. The normalized spacial score (nSPS) is 23.3. The molecule has 2 aromatic rings. The zero-order chi connectivity index (χ0) is 32.2. The van der Waals surface area contributed by atoms with Crippen molar-refractivity contribution in [2.45, 2.75) is 74.8 Å². The molecule has 1 spiro atoms.